The summed E-state index contributed by atoms with van der Waals surface area (Å²) in [7, 11) is 0. The summed E-state index contributed by atoms with van der Waals surface area (Å²) in [5, 5.41) is 0.931. The molecule has 0 spiro atoms. The van der Waals surface area contributed by atoms with Crippen molar-refractivity contribution in [2.45, 2.75) is 20.8 Å². The predicted octanol–water partition coefficient (Wildman–Crippen LogP) is 0.584. The molecule has 2 nitrogen and oxygen atoms in total. The van der Waals surface area contributed by atoms with Crippen LogP contribution in [0.2, 0.25) is 0 Å². The largest absolute Gasteiger partial charge is 0.441 e. The van der Waals surface area contributed by atoms with Crippen LogP contribution in [0.4, 0.5) is 0 Å². The van der Waals surface area contributed by atoms with E-state index in [1.165, 1.54) is 0 Å². The van der Waals surface area contributed by atoms with Gasteiger partial charge in [-0.05, 0) is 19.9 Å². The highest BCUT2D eigenvalue weighted by Crippen LogP contribution is 1.78. The van der Waals surface area contributed by atoms with Gasteiger partial charge in [0.05, 0.1) is 0 Å². The van der Waals surface area contributed by atoms with Crippen molar-refractivity contribution in [2.24, 2.45) is 0 Å². The SMILES string of the molecule is C/C=c1/nc(C)o/c1=C/C. The van der Waals surface area contributed by atoms with Crippen LogP contribution in [0.15, 0.2) is 4.42 Å². The van der Waals surface area contributed by atoms with E-state index in [1.54, 1.807) is 0 Å². The number of nitrogens with zero attached hydrogens (tertiary/aromatic N) is 1. The van der Waals surface area contributed by atoms with Gasteiger partial charge in [0.2, 0.25) is 0 Å². The Morgan fingerprint density at radius 3 is 2.40 bits per heavy atom. The van der Waals surface area contributed by atoms with Crippen LogP contribution in [0.5, 0.6) is 0 Å². The quantitative estimate of drug-likeness (QED) is 0.523. The fourth-order valence-corrected chi connectivity index (χ4v) is 0.873. The molecule has 1 aromatic rings. The van der Waals surface area contributed by atoms with Gasteiger partial charge in [-0.3, -0.25) is 0 Å². The van der Waals surface area contributed by atoms with Crippen molar-refractivity contribution >= 4 is 12.2 Å². The van der Waals surface area contributed by atoms with Gasteiger partial charge in [-0.15, -0.1) is 0 Å². The summed E-state index contributed by atoms with van der Waals surface area (Å²) < 4.78 is 5.26. The molecule has 54 valence electrons. The Morgan fingerprint density at radius 2 is 2.00 bits per heavy atom. The van der Waals surface area contributed by atoms with E-state index in [9.17, 15) is 0 Å². The van der Waals surface area contributed by atoms with E-state index in [2.05, 4.69) is 4.98 Å². The third-order valence-corrected chi connectivity index (χ3v) is 1.32. The molecular weight excluding hydrogens is 126 g/mol. The Hall–Kier alpha value is -1.05. The molecule has 0 N–H and O–H groups in total. The molecule has 0 aliphatic heterocycles. The maximum Gasteiger partial charge on any atom is 0.192 e. The molecule has 0 saturated heterocycles. The molecule has 0 atom stereocenters. The Morgan fingerprint density at radius 1 is 1.30 bits per heavy atom. The lowest BCUT2D eigenvalue weighted by molar-refractivity contribution is 0.491. The minimum atomic E-state index is 0.723. The summed E-state index contributed by atoms with van der Waals surface area (Å²) in [6.07, 6.45) is 3.85. The summed E-state index contributed by atoms with van der Waals surface area (Å²) in [5.74, 6) is 0.723. The lowest BCUT2D eigenvalue weighted by Gasteiger charge is -1.71. The molecule has 0 aliphatic rings. The number of oxazole rings is 1. The van der Waals surface area contributed by atoms with E-state index in [4.69, 9.17) is 4.42 Å². The third kappa shape index (κ3) is 1.10. The molecule has 10 heavy (non-hydrogen) atoms. The highest BCUT2D eigenvalue weighted by atomic mass is 16.3. The molecule has 0 bridgehead atoms. The first-order valence-electron chi connectivity index (χ1n) is 3.34. The van der Waals surface area contributed by atoms with Gasteiger partial charge in [-0.1, -0.05) is 6.08 Å². The first-order valence-corrected chi connectivity index (χ1v) is 3.34. The molecule has 0 unspecified atom stereocenters. The van der Waals surface area contributed by atoms with Gasteiger partial charge in [0.15, 0.2) is 5.89 Å². The van der Waals surface area contributed by atoms with Crippen LogP contribution in [0.3, 0.4) is 0 Å². The fourth-order valence-electron chi connectivity index (χ4n) is 0.873. The maximum absolute atomic E-state index is 5.26. The van der Waals surface area contributed by atoms with E-state index in [0.29, 0.717) is 0 Å². The van der Waals surface area contributed by atoms with Gasteiger partial charge in [0.1, 0.15) is 10.8 Å². The molecule has 1 rings (SSSR count). The summed E-state index contributed by atoms with van der Waals surface area (Å²) >= 11 is 0. The van der Waals surface area contributed by atoms with Crippen LogP contribution in [-0.2, 0) is 0 Å². The Balaban J connectivity index is 3.53. The molecule has 1 heterocycles. The van der Waals surface area contributed by atoms with Crippen molar-refractivity contribution in [1.29, 1.82) is 0 Å². The molecular formula is C8H11NO. The number of rotatable bonds is 0. The monoisotopic (exact) mass is 137 g/mol. The van der Waals surface area contributed by atoms with Crippen molar-refractivity contribution in [3.05, 3.63) is 16.7 Å². The molecule has 0 fully saturated rings. The first kappa shape index (κ1) is 7.06. The third-order valence-electron chi connectivity index (χ3n) is 1.32. The molecule has 0 aliphatic carbocycles. The molecule has 0 aromatic carbocycles. The van der Waals surface area contributed by atoms with Crippen LogP contribution >= 0.6 is 0 Å². The van der Waals surface area contributed by atoms with Crippen LogP contribution in [0.1, 0.15) is 19.7 Å². The van der Waals surface area contributed by atoms with Gasteiger partial charge >= 0.3 is 0 Å². The lowest BCUT2D eigenvalue weighted by Crippen LogP contribution is -2.20. The van der Waals surface area contributed by atoms with E-state index in [0.717, 1.165) is 16.7 Å². The van der Waals surface area contributed by atoms with Crippen molar-refractivity contribution < 1.29 is 4.42 Å². The second-order valence-corrected chi connectivity index (χ2v) is 2.06. The van der Waals surface area contributed by atoms with Crippen LogP contribution in [0.25, 0.3) is 12.2 Å². The average Bonchev–Trinajstić information content (AvgIpc) is 2.30. The molecule has 0 amide bonds. The minimum absolute atomic E-state index is 0.723. The predicted molar refractivity (Wildman–Crippen MR) is 40.8 cm³/mol. The second kappa shape index (κ2) is 2.69. The lowest BCUT2D eigenvalue weighted by atomic mass is 10.5. The Kier molecular flexibility index (Phi) is 1.90. The summed E-state index contributed by atoms with van der Waals surface area (Å²) in [4.78, 5) is 4.15. The number of aromatic nitrogens is 1. The van der Waals surface area contributed by atoms with Crippen molar-refractivity contribution in [1.82, 2.24) is 4.98 Å². The smallest absolute Gasteiger partial charge is 0.192 e. The van der Waals surface area contributed by atoms with Crippen molar-refractivity contribution in [2.75, 3.05) is 0 Å². The highest BCUT2D eigenvalue weighted by molar-refractivity contribution is 5.20. The van der Waals surface area contributed by atoms with E-state index < -0.39 is 0 Å². The Labute approximate surface area is 59.9 Å². The van der Waals surface area contributed by atoms with Crippen molar-refractivity contribution in [3.63, 3.8) is 0 Å². The first-order chi connectivity index (χ1) is 4.77. The van der Waals surface area contributed by atoms with Gasteiger partial charge in [-0.25, -0.2) is 4.98 Å². The molecule has 0 radical (unpaired) electrons. The van der Waals surface area contributed by atoms with Gasteiger partial charge in [-0.2, -0.15) is 0 Å². The zero-order valence-electron chi connectivity index (χ0n) is 6.51. The Bertz CT molecular complexity index is 290. The molecule has 1 aromatic heterocycles. The number of aryl methyl sites for hydroxylation is 1. The van der Waals surface area contributed by atoms with Crippen LogP contribution < -0.4 is 10.8 Å². The van der Waals surface area contributed by atoms with E-state index in [-0.39, 0.29) is 0 Å². The number of hydrogen-bond donors (Lipinski definition) is 0. The summed E-state index contributed by atoms with van der Waals surface area (Å²) in [5.41, 5.74) is 0.861. The zero-order chi connectivity index (χ0) is 7.56. The highest BCUT2D eigenvalue weighted by Gasteiger charge is 1.91. The van der Waals surface area contributed by atoms with Gasteiger partial charge < -0.3 is 4.42 Å². The second-order valence-electron chi connectivity index (χ2n) is 2.06. The van der Waals surface area contributed by atoms with Crippen LogP contribution in [-0.4, -0.2) is 4.98 Å². The molecule has 2 heteroatoms. The van der Waals surface area contributed by atoms with Gasteiger partial charge in [0.25, 0.3) is 0 Å². The standard InChI is InChI=1S/C8H11NO/c1-4-7-8(5-2)10-6(3)9-7/h4-5H,1-3H3/b7-4+,8-5+. The van der Waals surface area contributed by atoms with Crippen molar-refractivity contribution in [3.8, 4) is 0 Å². The molecule has 0 saturated carbocycles. The average molecular weight is 137 g/mol. The summed E-state index contributed by atoms with van der Waals surface area (Å²) in [6, 6.07) is 0. The maximum atomic E-state index is 5.26. The topological polar surface area (TPSA) is 26.0 Å². The number of hydrogen-bond acceptors (Lipinski definition) is 2. The van der Waals surface area contributed by atoms with Crippen LogP contribution in [0, 0.1) is 6.92 Å². The minimum Gasteiger partial charge on any atom is -0.441 e. The van der Waals surface area contributed by atoms with E-state index >= 15 is 0 Å². The summed E-state index contributed by atoms with van der Waals surface area (Å²) in [6.45, 7) is 5.73. The normalized spacial score (nSPS) is 14.7. The van der Waals surface area contributed by atoms with Gasteiger partial charge in [0, 0.05) is 6.92 Å². The van der Waals surface area contributed by atoms with E-state index in [1.807, 2.05) is 32.9 Å². The fraction of sp³-hybridized carbons (Fsp3) is 0.375. The zero-order valence-corrected chi connectivity index (χ0v) is 6.51.